The minimum absolute atomic E-state index is 0.116. The van der Waals surface area contributed by atoms with Crippen LogP contribution in [0.1, 0.15) is 33.6 Å². The number of rotatable bonds is 5. The summed E-state index contributed by atoms with van der Waals surface area (Å²) in [5, 5.41) is 0. The topological polar surface area (TPSA) is 38.8 Å². The molecule has 4 heteroatoms. The molecular weight excluding hydrogens is 206 g/mol. The Balaban J connectivity index is 2.22. The molecule has 1 aliphatic rings. The normalized spacial score (nSPS) is 26.7. The van der Waals surface area contributed by atoms with Crippen molar-refractivity contribution in [3.05, 3.63) is 0 Å². The van der Waals surface area contributed by atoms with Crippen molar-refractivity contribution >= 4 is 5.97 Å². The highest BCUT2D eigenvalue weighted by Crippen LogP contribution is 2.10. The Morgan fingerprint density at radius 1 is 1.38 bits per heavy atom. The highest BCUT2D eigenvalue weighted by Gasteiger charge is 2.23. The highest BCUT2D eigenvalue weighted by atomic mass is 16.5. The van der Waals surface area contributed by atoms with E-state index in [1.807, 2.05) is 13.8 Å². The monoisotopic (exact) mass is 229 g/mol. The second-order valence-electron chi connectivity index (χ2n) is 4.53. The molecule has 0 radical (unpaired) electrons. The van der Waals surface area contributed by atoms with Gasteiger partial charge in [-0.3, -0.25) is 9.69 Å². The molecule has 0 amide bonds. The summed E-state index contributed by atoms with van der Waals surface area (Å²) in [6.07, 6.45) is 2.40. The van der Waals surface area contributed by atoms with Crippen molar-refractivity contribution in [1.82, 2.24) is 4.90 Å². The van der Waals surface area contributed by atoms with Gasteiger partial charge in [0, 0.05) is 13.1 Å². The number of ether oxygens (including phenoxy) is 2. The first-order valence-corrected chi connectivity index (χ1v) is 6.15. The Morgan fingerprint density at radius 3 is 2.56 bits per heavy atom. The van der Waals surface area contributed by atoms with Crippen LogP contribution in [0.3, 0.4) is 0 Å². The molecule has 4 nitrogen and oxygen atoms in total. The van der Waals surface area contributed by atoms with E-state index in [9.17, 15) is 4.79 Å². The van der Waals surface area contributed by atoms with Gasteiger partial charge >= 0.3 is 5.97 Å². The second-order valence-corrected chi connectivity index (χ2v) is 4.53. The van der Waals surface area contributed by atoms with Crippen LogP contribution >= 0.6 is 0 Å². The van der Waals surface area contributed by atoms with Gasteiger partial charge in [0.2, 0.25) is 0 Å². The average Bonchev–Trinajstić information content (AvgIpc) is 2.16. The molecule has 94 valence electrons. The molecule has 0 aliphatic carbocycles. The minimum atomic E-state index is -0.116. The van der Waals surface area contributed by atoms with Crippen molar-refractivity contribution in [3.8, 4) is 0 Å². The first-order chi connectivity index (χ1) is 7.61. The SMILES string of the molecule is CCCCOC(=O)CN1C[C@@H](C)O[C@@H](C)C1. The van der Waals surface area contributed by atoms with Crippen LogP contribution in [0.25, 0.3) is 0 Å². The molecule has 0 unspecified atom stereocenters. The number of carbonyl (C=O) groups excluding carboxylic acids is 1. The fourth-order valence-corrected chi connectivity index (χ4v) is 1.97. The summed E-state index contributed by atoms with van der Waals surface area (Å²) in [4.78, 5) is 13.6. The lowest BCUT2D eigenvalue weighted by atomic mass is 10.2. The summed E-state index contributed by atoms with van der Waals surface area (Å²) in [5.74, 6) is -0.116. The van der Waals surface area contributed by atoms with Crippen LogP contribution in [-0.2, 0) is 14.3 Å². The molecule has 0 aromatic heterocycles. The smallest absolute Gasteiger partial charge is 0.320 e. The zero-order valence-electron chi connectivity index (χ0n) is 10.6. The summed E-state index contributed by atoms with van der Waals surface area (Å²) in [5.41, 5.74) is 0. The lowest BCUT2D eigenvalue weighted by molar-refractivity contribution is -0.148. The molecule has 1 aliphatic heterocycles. The van der Waals surface area contributed by atoms with Crippen LogP contribution < -0.4 is 0 Å². The molecule has 0 saturated carbocycles. The molecule has 0 aromatic carbocycles. The largest absolute Gasteiger partial charge is 0.465 e. The Morgan fingerprint density at radius 2 is 2.00 bits per heavy atom. The summed E-state index contributed by atoms with van der Waals surface area (Å²) < 4.78 is 10.7. The molecule has 1 fully saturated rings. The Labute approximate surface area is 97.9 Å². The molecule has 0 N–H and O–H groups in total. The summed E-state index contributed by atoms with van der Waals surface area (Å²) >= 11 is 0. The number of unbranched alkanes of at least 4 members (excludes halogenated alkanes) is 1. The molecule has 16 heavy (non-hydrogen) atoms. The third-order valence-corrected chi connectivity index (χ3v) is 2.61. The number of hydrogen-bond acceptors (Lipinski definition) is 4. The van der Waals surface area contributed by atoms with Gasteiger partial charge in [0.05, 0.1) is 25.4 Å². The number of hydrogen-bond donors (Lipinski definition) is 0. The van der Waals surface area contributed by atoms with Crippen molar-refractivity contribution in [2.45, 2.75) is 45.8 Å². The van der Waals surface area contributed by atoms with E-state index >= 15 is 0 Å². The predicted molar refractivity (Wildman–Crippen MR) is 62.3 cm³/mol. The van der Waals surface area contributed by atoms with E-state index in [4.69, 9.17) is 9.47 Å². The Kier molecular flexibility index (Phi) is 5.77. The van der Waals surface area contributed by atoms with E-state index in [1.54, 1.807) is 0 Å². The molecule has 1 heterocycles. The van der Waals surface area contributed by atoms with Crippen LogP contribution in [0.2, 0.25) is 0 Å². The van der Waals surface area contributed by atoms with Crippen LogP contribution in [-0.4, -0.2) is 49.3 Å². The van der Waals surface area contributed by atoms with Gasteiger partial charge in [-0.25, -0.2) is 0 Å². The van der Waals surface area contributed by atoms with Crippen molar-refractivity contribution < 1.29 is 14.3 Å². The van der Waals surface area contributed by atoms with Gasteiger partial charge in [0.1, 0.15) is 0 Å². The van der Waals surface area contributed by atoms with Gasteiger partial charge in [-0.15, -0.1) is 0 Å². The third kappa shape index (κ3) is 4.94. The maximum absolute atomic E-state index is 11.5. The average molecular weight is 229 g/mol. The maximum Gasteiger partial charge on any atom is 0.320 e. The van der Waals surface area contributed by atoms with Crippen molar-refractivity contribution in [2.24, 2.45) is 0 Å². The molecule has 1 saturated heterocycles. The van der Waals surface area contributed by atoms with Gasteiger partial charge in [-0.1, -0.05) is 13.3 Å². The second kappa shape index (κ2) is 6.86. The van der Waals surface area contributed by atoms with E-state index in [-0.39, 0.29) is 18.2 Å². The molecule has 1 rings (SSSR count). The molecule has 2 atom stereocenters. The van der Waals surface area contributed by atoms with Crippen molar-refractivity contribution in [1.29, 1.82) is 0 Å². The fraction of sp³-hybridized carbons (Fsp3) is 0.917. The minimum Gasteiger partial charge on any atom is -0.465 e. The third-order valence-electron chi connectivity index (χ3n) is 2.61. The molecular formula is C12H23NO3. The van der Waals surface area contributed by atoms with E-state index in [1.165, 1.54) is 0 Å². The number of nitrogens with zero attached hydrogens (tertiary/aromatic N) is 1. The molecule has 0 spiro atoms. The van der Waals surface area contributed by atoms with Crippen LogP contribution in [0, 0.1) is 0 Å². The lowest BCUT2D eigenvalue weighted by Gasteiger charge is -2.34. The van der Waals surface area contributed by atoms with Gasteiger partial charge in [-0.05, 0) is 20.3 Å². The van der Waals surface area contributed by atoms with E-state index in [2.05, 4.69) is 11.8 Å². The van der Waals surface area contributed by atoms with Crippen LogP contribution in [0.5, 0.6) is 0 Å². The summed E-state index contributed by atoms with van der Waals surface area (Å²) in [7, 11) is 0. The maximum atomic E-state index is 11.5. The first kappa shape index (κ1) is 13.5. The Bertz CT molecular complexity index is 210. The standard InChI is InChI=1S/C12H23NO3/c1-4-5-6-15-12(14)9-13-7-10(2)16-11(3)8-13/h10-11H,4-9H2,1-3H3/t10-,11+. The van der Waals surface area contributed by atoms with Crippen LogP contribution in [0.15, 0.2) is 0 Å². The summed E-state index contributed by atoms with van der Waals surface area (Å²) in [6.45, 7) is 8.71. The predicted octanol–water partition coefficient (Wildman–Crippen LogP) is 1.44. The number of carbonyl (C=O) groups is 1. The van der Waals surface area contributed by atoms with Gasteiger partial charge in [-0.2, -0.15) is 0 Å². The van der Waals surface area contributed by atoms with Gasteiger partial charge < -0.3 is 9.47 Å². The highest BCUT2D eigenvalue weighted by molar-refractivity contribution is 5.71. The zero-order chi connectivity index (χ0) is 12.0. The first-order valence-electron chi connectivity index (χ1n) is 6.15. The van der Waals surface area contributed by atoms with Gasteiger partial charge in [0.25, 0.3) is 0 Å². The van der Waals surface area contributed by atoms with E-state index in [0.29, 0.717) is 13.2 Å². The van der Waals surface area contributed by atoms with E-state index in [0.717, 1.165) is 25.9 Å². The Hall–Kier alpha value is -0.610. The number of esters is 1. The van der Waals surface area contributed by atoms with Crippen LogP contribution in [0.4, 0.5) is 0 Å². The fourth-order valence-electron chi connectivity index (χ4n) is 1.97. The van der Waals surface area contributed by atoms with Crippen molar-refractivity contribution in [2.75, 3.05) is 26.2 Å². The lowest BCUT2D eigenvalue weighted by Crippen LogP contribution is -2.47. The quantitative estimate of drug-likeness (QED) is 0.528. The summed E-state index contributed by atoms with van der Waals surface area (Å²) in [6, 6.07) is 0. The zero-order valence-corrected chi connectivity index (χ0v) is 10.6. The number of morpholine rings is 1. The van der Waals surface area contributed by atoms with E-state index < -0.39 is 0 Å². The van der Waals surface area contributed by atoms with Crippen molar-refractivity contribution in [3.63, 3.8) is 0 Å². The van der Waals surface area contributed by atoms with Gasteiger partial charge in [0.15, 0.2) is 0 Å². The molecule has 0 bridgehead atoms. The molecule has 0 aromatic rings.